The lowest BCUT2D eigenvalue weighted by atomic mass is 10.1. The molecule has 0 radical (unpaired) electrons. The third-order valence-electron chi connectivity index (χ3n) is 4.77. The van der Waals surface area contributed by atoms with Gasteiger partial charge in [-0.05, 0) is 43.3 Å². The number of aliphatic imine (C=N–C) groups is 1. The topological polar surface area (TPSA) is 66.1 Å². The van der Waals surface area contributed by atoms with E-state index >= 15 is 0 Å². The maximum Gasteiger partial charge on any atom is 0.238 e. The second-order valence-corrected chi connectivity index (χ2v) is 8.40. The molecule has 0 aliphatic carbocycles. The summed E-state index contributed by atoms with van der Waals surface area (Å²) in [5.41, 5.74) is 0.715. The molecule has 2 atom stereocenters. The van der Waals surface area contributed by atoms with Crippen LogP contribution in [0.5, 0.6) is 0 Å². The van der Waals surface area contributed by atoms with Crippen molar-refractivity contribution in [2.24, 2.45) is 10.9 Å². The van der Waals surface area contributed by atoms with E-state index in [1.165, 1.54) is 0 Å². The van der Waals surface area contributed by atoms with Gasteiger partial charge in [-0.1, -0.05) is 23.4 Å². The molecule has 0 spiro atoms. The zero-order chi connectivity index (χ0) is 19.7. The van der Waals surface area contributed by atoms with Crippen LogP contribution in [0.15, 0.2) is 52.1 Å². The van der Waals surface area contributed by atoms with Gasteiger partial charge < -0.3 is 9.32 Å². The van der Waals surface area contributed by atoms with Gasteiger partial charge in [0, 0.05) is 23.7 Å². The van der Waals surface area contributed by atoms with Gasteiger partial charge in [0.15, 0.2) is 5.17 Å². The molecule has 8 heteroatoms. The number of benzene rings is 1. The Morgan fingerprint density at radius 2 is 2.14 bits per heavy atom. The van der Waals surface area contributed by atoms with Crippen LogP contribution in [0.1, 0.15) is 19.1 Å². The molecule has 146 valence electrons. The number of nitrogens with zero attached hydrogens (tertiary/aromatic N) is 3. The summed E-state index contributed by atoms with van der Waals surface area (Å²) in [6, 6.07) is 10.9. The van der Waals surface area contributed by atoms with Crippen molar-refractivity contribution < 1.29 is 14.0 Å². The number of halogens is 1. The lowest BCUT2D eigenvalue weighted by molar-refractivity contribution is -0.129. The lowest BCUT2D eigenvalue weighted by Crippen LogP contribution is -2.40. The smallest absolute Gasteiger partial charge is 0.238 e. The van der Waals surface area contributed by atoms with Crippen LogP contribution < -0.4 is 4.90 Å². The summed E-state index contributed by atoms with van der Waals surface area (Å²) < 4.78 is 5.34. The van der Waals surface area contributed by atoms with E-state index in [9.17, 15) is 9.59 Å². The number of furan rings is 1. The van der Waals surface area contributed by atoms with Gasteiger partial charge in [-0.2, -0.15) is 0 Å². The number of amidine groups is 1. The van der Waals surface area contributed by atoms with E-state index in [0.29, 0.717) is 34.7 Å². The number of likely N-dealkylation sites (tertiary alicyclic amines) is 1. The summed E-state index contributed by atoms with van der Waals surface area (Å²) >= 11 is 7.57. The van der Waals surface area contributed by atoms with Crippen molar-refractivity contribution in [3.8, 4) is 0 Å². The zero-order valence-corrected chi connectivity index (χ0v) is 16.9. The van der Waals surface area contributed by atoms with Crippen LogP contribution in [-0.2, 0) is 16.1 Å². The van der Waals surface area contributed by atoms with Gasteiger partial charge in [0.2, 0.25) is 11.8 Å². The maximum absolute atomic E-state index is 13.4. The van der Waals surface area contributed by atoms with E-state index in [1.54, 1.807) is 46.0 Å². The Morgan fingerprint density at radius 3 is 2.79 bits per heavy atom. The Hall–Kier alpha value is -2.25. The average Bonchev–Trinajstić information content (AvgIpc) is 3.41. The minimum atomic E-state index is -0.419. The Morgan fingerprint density at radius 1 is 1.36 bits per heavy atom. The molecule has 4 rings (SSSR count). The Bertz CT molecular complexity index is 898. The summed E-state index contributed by atoms with van der Waals surface area (Å²) in [5.74, 6) is 0.969. The van der Waals surface area contributed by atoms with Crippen molar-refractivity contribution in [2.75, 3.05) is 17.2 Å². The van der Waals surface area contributed by atoms with E-state index in [1.807, 2.05) is 25.1 Å². The van der Waals surface area contributed by atoms with Crippen molar-refractivity contribution in [2.45, 2.75) is 25.9 Å². The largest absolute Gasteiger partial charge is 0.467 e. The van der Waals surface area contributed by atoms with Crippen LogP contribution in [0.2, 0.25) is 5.02 Å². The molecule has 0 unspecified atom stereocenters. The van der Waals surface area contributed by atoms with Crippen LogP contribution in [0.4, 0.5) is 5.69 Å². The van der Waals surface area contributed by atoms with Gasteiger partial charge in [-0.25, -0.2) is 0 Å². The minimum absolute atomic E-state index is 0.0415. The Kier molecular flexibility index (Phi) is 5.46. The predicted molar refractivity (Wildman–Crippen MR) is 111 cm³/mol. The fourth-order valence-electron chi connectivity index (χ4n) is 3.37. The number of carbonyl (C=O) groups excluding carboxylic acids is 2. The highest BCUT2D eigenvalue weighted by Gasteiger charge is 2.39. The fraction of sp³-hybridized carbons (Fsp3) is 0.350. The Labute approximate surface area is 172 Å². The molecule has 2 aliphatic rings. The number of anilines is 1. The first-order valence-corrected chi connectivity index (χ1v) is 10.5. The van der Waals surface area contributed by atoms with Crippen LogP contribution in [-0.4, -0.2) is 40.2 Å². The van der Waals surface area contributed by atoms with Gasteiger partial charge in [-0.3, -0.25) is 19.5 Å². The van der Waals surface area contributed by atoms with Crippen molar-refractivity contribution in [3.05, 3.63) is 53.4 Å². The van der Waals surface area contributed by atoms with E-state index in [4.69, 9.17) is 16.0 Å². The van der Waals surface area contributed by atoms with Gasteiger partial charge >= 0.3 is 0 Å². The number of carbonyl (C=O) groups is 2. The summed E-state index contributed by atoms with van der Waals surface area (Å²) in [5, 5.41) is 1.28. The number of amides is 2. The highest BCUT2D eigenvalue weighted by molar-refractivity contribution is 8.14. The predicted octanol–water partition coefficient (Wildman–Crippen LogP) is 3.81. The molecule has 0 saturated carbocycles. The molecule has 2 amide bonds. The summed E-state index contributed by atoms with van der Waals surface area (Å²) in [7, 11) is 0. The molecule has 1 aromatic carbocycles. The lowest BCUT2D eigenvalue weighted by Gasteiger charge is -2.25. The number of hydrogen-bond donors (Lipinski definition) is 0. The third kappa shape index (κ3) is 3.95. The maximum atomic E-state index is 13.4. The van der Waals surface area contributed by atoms with Gasteiger partial charge in [0.25, 0.3) is 0 Å². The van der Waals surface area contributed by atoms with Crippen molar-refractivity contribution >= 4 is 46.0 Å². The molecule has 28 heavy (non-hydrogen) atoms. The van der Waals surface area contributed by atoms with Gasteiger partial charge in [0.05, 0.1) is 30.5 Å². The summed E-state index contributed by atoms with van der Waals surface area (Å²) in [6.45, 7) is 2.77. The molecule has 0 bridgehead atoms. The zero-order valence-electron chi connectivity index (χ0n) is 15.4. The second kappa shape index (κ2) is 8.01. The van der Waals surface area contributed by atoms with E-state index < -0.39 is 5.92 Å². The molecular formula is C20H20ClN3O3S. The highest BCUT2D eigenvalue weighted by atomic mass is 35.5. The first-order valence-electron chi connectivity index (χ1n) is 9.11. The SMILES string of the molecule is C[C@@H]1CSC(N(C(=O)[C@@H]2CC(=O)N(Cc3ccco3)C2)c2ccc(Cl)cc2)=N1. The molecule has 1 fully saturated rings. The van der Waals surface area contributed by atoms with Crippen molar-refractivity contribution in [1.82, 2.24) is 4.90 Å². The van der Waals surface area contributed by atoms with Crippen LogP contribution in [0.25, 0.3) is 0 Å². The molecule has 2 aliphatic heterocycles. The van der Waals surface area contributed by atoms with Crippen LogP contribution in [0.3, 0.4) is 0 Å². The third-order valence-corrected chi connectivity index (χ3v) is 6.22. The fourth-order valence-corrected chi connectivity index (χ4v) is 4.54. The van der Waals surface area contributed by atoms with E-state index in [0.717, 1.165) is 5.75 Å². The number of rotatable bonds is 4. The standard InChI is InChI=1S/C20H20ClN3O3S/c1-13-12-28-20(22-13)24(16-6-4-15(21)5-7-16)19(26)14-9-18(25)23(10-14)11-17-3-2-8-27-17/h2-8,13-14H,9-12H2,1H3/t13-,14-/m1/s1. The first kappa shape index (κ1) is 19.1. The normalized spacial score (nSPS) is 21.9. The number of thioether (sulfide) groups is 1. The number of hydrogen-bond acceptors (Lipinski definition) is 5. The highest BCUT2D eigenvalue weighted by Crippen LogP contribution is 2.31. The molecule has 1 saturated heterocycles. The molecule has 3 heterocycles. The van der Waals surface area contributed by atoms with Crippen LogP contribution in [0, 0.1) is 5.92 Å². The van der Waals surface area contributed by atoms with E-state index in [-0.39, 0.29) is 24.3 Å². The van der Waals surface area contributed by atoms with Gasteiger partial charge in [0.1, 0.15) is 5.76 Å². The van der Waals surface area contributed by atoms with Gasteiger partial charge in [-0.15, -0.1) is 0 Å². The quantitative estimate of drug-likeness (QED) is 0.758. The van der Waals surface area contributed by atoms with Crippen molar-refractivity contribution in [3.63, 3.8) is 0 Å². The molecular weight excluding hydrogens is 398 g/mol. The Balaban J connectivity index is 1.56. The monoisotopic (exact) mass is 417 g/mol. The summed E-state index contributed by atoms with van der Waals surface area (Å²) in [4.78, 5) is 33.8. The molecule has 6 nitrogen and oxygen atoms in total. The minimum Gasteiger partial charge on any atom is -0.467 e. The van der Waals surface area contributed by atoms with Crippen LogP contribution >= 0.6 is 23.4 Å². The molecule has 0 N–H and O–H groups in total. The second-order valence-electron chi connectivity index (χ2n) is 6.98. The van der Waals surface area contributed by atoms with E-state index in [2.05, 4.69) is 4.99 Å². The molecule has 1 aromatic heterocycles. The average molecular weight is 418 g/mol. The first-order chi connectivity index (χ1) is 13.5. The summed E-state index contributed by atoms with van der Waals surface area (Å²) in [6.07, 6.45) is 1.77. The van der Waals surface area contributed by atoms with Crippen molar-refractivity contribution in [1.29, 1.82) is 0 Å². The molecule has 2 aromatic rings.